The maximum Gasteiger partial charge on any atom is 0.294 e. The van der Waals surface area contributed by atoms with Crippen molar-refractivity contribution in [3.8, 4) is 5.75 Å². The number of nitrogens with two attached hydrogens (primary N) is 1. The van der Waals surface area contributed by atoms with E-state index in [9.17, 15) is 14.7 Å². The van der Waals surface area contributed by atoms with Crippen molar-refractivity contribution in [2.75, 3.05) is 32.4 Å². The molecule has 0 aliphatic carbocycles. The van der Waals surface area contributed by atoms with Crippen molar-refractivity contribution in [3.63, 3.8) is 0 Å². The molecule has 0 aromatic heterocycles. The maximum absolute atomic E-state index is 12.0. The predicted octanol–water partition coefficient (Wildman–Crippen LogP) is 0.545. The Labute approximate surface area is 123 Å². The van der Waals surface area contributed by atoms with Gasteiger partial charge in [-0.3, -0.25) is 14.5 Å². The number of hydrogen-bond donors (Lipinski definition) is 2. The Kier molecular flexibility index (Phi) is 4.28. The molecule has 0 saturated carbocycles. The average Bonchev–Trinajstić information content (AvgIpc) is 2.49. The van der Waals surface area contributed by atoms with Crippen LogP contribution in [0.25, 0.3) is 0 Å². The summed E-state index contributed by atoms with van der Waals surface area (Å²) in [6.07, 6.45) is 1.02. The van der Waals surface area contributed by atoms with Gasteiger partial charge in [0.25, 0.3) is 5.91 Å². The molecule has 1 atom stereocenters. The maximum atomic E-state index is 12.0. The summed E-state index contributed by atoms with van der Waals surface area (Å²) in [5, 5.41) is 10.0. The minimum absolute atomic E-state index is 0.130. The van der Waals surface area contributed by atoms with Crippen LogP contribution < -0.4 is 5.73 Å². The summed E-state index contributed by atoms with van der Waals surface area (Å²) in [7, 11) is 1.91. The summed E-state index contributed by atoms with van der Waals surface area (Å²) in [4.78, 5) is 26.9. The molecule has 1 aromatic carbocycles. The molecule has 2 rings (SSSR count). The van der Waals surface area contributed by atoms with Gasteiger partial charge in [-0.25, -0.2) is 0 Å². The van der Waals surface area contributed by atoms with Crippen molar-refractivity contribution in [2.45, 2.75) is 6.04 Å². The summed E-state index contributed by atoms with van der Waals surface area (Å²) < 4.78 is 0. The van der Waals surface area contributed by atoms with Gasteiger partial charge in [0.2, 0.25) is 5.78 Å². The average molecular weight is 289 g/mol. The van der Waals surface area contributed by atoms with E-state index < -0.39 is 11.7 Å². The molecule has 21 heavy (non-hydrogen) atoms. The van der Waals surface area contributed by atoms with Gasteiger partial charge in [-0.1, -0.05) is 6.58 Å². The second-order valence-corrected chi connectivity index (χ2v) is 5.13. The largest absolute Gasteiger partial charge is 0.508 e. The smallest absolute Gasteiger partial charge is 0.294 e. The highest BCUT2D eigenvalue weighted by Gasteiger charge is 2.31. The number of nitrogen functional groups attached to an aromatic ring is 1. The molecule has 3 N–H and O–H groups in total. The van der Waals surface area contributed by atoms with Crippen LogP contribution >= 0.6 is 0 Å². The quantitative estimate of drug-likeness (QED) is 0.367. The number of piperazine rings is 1. The number of likely N-dealkylation sites (N-methyl/N-ethyl adjacent to an activating group) is 1. The van der Waals surface area contributed by atoms with Gasteiger partial charge in [0.05, 0.1) is 6.04 Å². The van der Waals surface area contributed by atoms with E-state index in [0.29, 0.717) is 30.9 Å². The summed E-state index contributed by atoms with van der Waals surface area (Å²) in [5.74, 6) is -1.05. The van der Waals surface area contributed by atoms with Gasteiger partial charge in [0.15, 0.2) is 0 Å². The van der Waals surface area contributed by atoms with Crippen molar-refractivity contribution >= 4 is 17.4 Å². The zero-order valence-corrected chi connectivity index (χ0v) is 12.0. The molecule has 1 aliphatic rings. The molecule has 1 aromatic rings. The topological polar surface area (TPSA) is 86.9 Å². The number of nitrogens with zero attached hydrogens (tertiary/aromatic N) is 2. The molecule has 1 aliphatic heterocycles. The summed E-state index contributed by atoms with van der Waals surface area (Å²) >= 11 is 0. The van der Waals surface area contributed by atoms with Crippen LogP contribution in [0.2, 0.25) is 0 Å². The minimum Gasteiger partial charge on any atom is -0.508 e. The number of phenols is 1. The second kappa shape index (κ2) is 5.97. The SMILES string of the molecule is C=CC(=O)C(=O)N1CCN(C)C(c2cc(N)ccc2O)C1. The van der Waals surface area contributed by atoms with E-state index in [1.165, 1.54) is 11.0 Å². The fourth-order valence-electron chi connectivity index (χ4n) is 2.48. The predicted molar refractivity (Wildman–Crippen MR) is 79.7 cm³/mol. The van der Waals surface area contributed by atoms with Crippen molar-refractivity contribution in [3.05, 3.63) is 36.4 Å². The lowest BCUT2D eigenvalue weighted by Crippen LogP contribution is -2.50. The first-order valence-electron chi connectivity index (χ1n) is 6.68. The molecule has 6 heteroatoms. The molecule has 0 bridgehead atoms. The van der Waals surface area contributed by atoms with Gasteiger partial charge in [0.1, 0.15) is 5.75 Å². The van der Waals surface area contributed by atoms with Crippen LogP contribution in [0, 0.1) is 0 Å². The van der Waals surface area contributed by atoms with Gasteiger partial charge in [-0.05, 0) is 31.3 Å². The van der Waals surface area contributed by atoms with Crippen LogP contribution in [0.4, 0.5) is 5.69 Å². The van der Waals surface area contributed by atoms with Crippen LogP contribution in [0.5, 0.6) is 5.75 Å². The zero-order valence-electron chi connectivity index (χ0n) is 12.0. The number of amides is 1. The highest BCUT2D eigenvalue weighted by molar-refractivity contribution is 6.40. The van der Waals surface area contributed by atoms with Crippen molar-refractivity contribution in [2.24, 2.45) is 0 Å². The Bertz CT molecular complexity index is 586. The van der Waals surface area contributed by atoms with Crippen LogP contribution in [0.15, 0.2) is 30.9 Å². The normalized spacial score (nSPS) is 19.3. The number of hydrogen-bond acceptors (Lipinski definition) is 5. The zero-order chi connectivity index (χ0) is 15.6. The number of benzene rings is 1. The summed E-state index contributed by atoms with van der Waals surface area (Å²) in [5.41, 5.74) is 6.96. The molecule has 1 heterocycles. The third-order valence-corrected chi connectivity index (χ3v) is 3.74. The molecule has 1 amide bonds. The number of carbonyl (C=O) groups excluding carboxylic acids is 2. The van der Waals surface area contributed by atoms with E-state index in [2.05, 4.69) is 6.58 Å². The van der Waals surface area contributed by atoms with Gasteiger partial charge in [-0.15, -0.1) is 0 Å². The molecule has 112 valence electrons. The lowest BCUT2D eigenvalue weighted by molar-refractivity contribution is -0.144. The minimum atomic E-state index is -0.616. The Morgan fingerprint density at radius 3 is 2.81 bits per heavy atom. The monoisotopic (exact) mass is 289 g/mol. The summed E-state index contributed by atoms with van der Waals surface area (Å²) in [6.45, 7) is 4.73. The molecular formula is C15H19N3O3. The molecule has 1 unspecified atom stereocenters. The lowest BCUT2D eigenvalue weighted by atomic mass is 10.0. The van der Waals surface area contributed by atoms with Crippen LogP contribution in [-0.4, -0.2) is 53.3 Å². The van der Waals surface area contributed by atoms with E-state index in [1.54, 1.807) is 12.1 Å². The van der Waals surface area contributed by atoms with E-state index >= 15 is 0 Å². The molecule has 0 spiro atoms. The van der Waals surface area contributed by atoms with Crippen molar-refractivity contribution < 1.29 is 14.7 Å². The molecular weight excluding hydrogens is 270 g/mol. The van der Waals surface area contributed by atoms with Crippen molar-refractivity contribution in [1.82, 2.24) is 9.80 Å². The van der Waals surface area contributed by atoms with E-state index in [-0.39, 0.29) is 11.8 Å². The third kappa shape index (κ3) is 3.05. The Balaban J connectivity index is 2.26. The second-order valence-electron chi connectivity index (χ2n) is 5.13. The molecule has 6 nitrogen and oxygen atoms in total. The molecule has 1 saturated heterocycles. The fraction of sp³-hybridized carbons (Fsp3) is 0.333. The van der Waals surface area contributed by atoms with E-state index in [0.717, 1.165) is 6.08 Å². The van der Waals surface area contributed by atoms with Crippen LogP contribution in [0.3, 0.4) is 0 Å². The first-order chi connectivity index (χ1) is 9.93. The highest BCUT2D eigenvalue weighted by atomic mass is 16.3. The number of aromatic hydroxyl groups is 1. The van der Waals surface area contributed by atoms with Gasteiger partial charge in [-0.2, -0.15) is 0 Å². The fourth-order valence-corrected chi connectivity index (χ4v) is 2.48. The Hall–Kier alpha value is -2.34. The Morgan fingerprint density at radius 2 is 2.14 bits per heavy atom. The van der Waals surface area contributed by atoms with Gasteiger partial charge >= 0.3 is 0 Å². The van der Waals surface area contributed by atoms with Gasteiger partial charge in [0, 0.05) is 30.9 Å². The van der Waals surface area contributed by atoms with Gasteiger partial charge < -0.3 is 15.7 Å². The Morgan fingerprint density at radius 1 is 1.43 bits per heavy atom. The van der Waals surface area contributed by atoms with E-state index in [1.807, 2.05) is 11.9 Å². The van der Waals surface area contributed by atoms with Crippen LogP contribution in [0.1, 0.15) is 11.6 Å². The lowest BCUT2D eigenvalue weighted by Gasteiger charge is -2.39. The molecule has 1 fully saturated rings. The number of ketones is 1. The number of anilines is 1. The standard InChI is InChI=1S/C15H19N3O3/c1-3-13(19)15(21)18-7-6-17(2)12(9-18)11-8-10(16)4-5-14(11)20/h3-5,8,12,20H,1,6-7,9,16H2,2H3. The highest BCUT2D eigenvalue weighted by Crippen LogP contribution is 2.32. The van der Waals surface area contributed by atoms with Crippen LogP contribution in [-0.2, 0) is 9.59 Å². The molecule has 0 radical (unpaired) electrons. The first-order valence-corrected chi connectivity index (χ1v) is 6.68. The number of carbonyl (C=O) groups is 2. The van der Waals surface area contributed by atoms with Crippen molar-refractivity contribution in [1.29, 1.82) is 0 Å². The van der Waals surface area contributed by atoms with E-state index in [4.69, 9.17) is 5.73 Å². The summed E-state index contributed by atoms with van der Waals surface area (Å²) in [6, 6.07) is 4.64. The number of phenolic OH excluding ortho intramolecular Hbond substituents is 1. The first kappa shape index (κ1) is 15.1. The third-order valence-electron chi connectivity index (χ3n) is 3.74. The number of rotatable bonds is 3.